The first-order valence-electron chi connectivity index (χ1n) is 25.3. The number of benzene rings is 4. The minimum atomic E-state index is -0.174. The Hall–Kier alpha value is -5.88. The van der Waals surface area contributed by atoms with Crippen LogP contribution in [0.25, 0.3) is 0 Å². The van der Waals surface area contributed by atoms with Crippen molar-refractivity contribution in [3.8, 4) is 0 Å². The van der Waals surface area contributed by atoms with Crippen LogP contribution in [0.15, 0.2) is 170 Å². The van der Waals surface area contributed by atoms with E-state index in [0.717, 1.165) is 49.7 Å². The number of hydrogen-bond acceptors (Lipinski definition) is 4. The van der Waals surface area contributed by atoms with Crippen LogP contribution in [0.2, 0.25) is 0 Å². The fourth-order valence-corrected chi connectivity index (χ4v) is 5.88. The van der Waals surface area contributed by atoms with E-state index in [1.165, 1.54) is 11.1 Å². The topological polar surface area (TPSA) is 84.0 Å². The number of nitrogens with zero attached hydrogens (tertiary/aromatic N) is 2. The molecule has 2 atom stereocenters. The van der Waals surface area contributed by atoms with Gasteiger partial charge in [0.1, 0.15) is 11.6 Å². The summed E-state index contributed by atoms with van der Waals surface area (Å²) >= 11 is 0. The monoisotopic (exact) mass is 917 g/mol. The third-order valence-corrected chi connectivity index (χ3v) is 8.47. The van der Waals surface area contributed by atoms with E-state index in [-0.39, 0.29) is 31.1 Å². The van der Waals surface area contributed by atoms with Crippen molar-refractivity contribution in [2.75, 3.05) is 10.6 Å². The van der Waals surface area contributed by atoms with Gasteiger partial charge in [0.15, 0.2) is 0 Å². The molecule has 2 N–H and O–H groups in total. The Kier molecular flexibility index (Phi) is 57.0. The van der Waals surface area contributed by atoms with Crippen LogP contribution in [-0.2, 0) is 22.4 Å². The number of aromatic nitrogens is 2. The summed E-state index contributed by atoms with van der Waals surface area (Å²) in [6, 6.07) is 51.8. The Balaban J connectivity index is -0.000000291. The van der Waals surface area contributed by atoms with Gasteiger partial charge in [-0.05, 0) is 85.0 Å². The minimum Gasteiger partial charge on any atom is -0.310 e. The summed E-state index contributed by atoms with van der Waals surface area (Å²) in [5, 5.41) is 5.88. The van der Waals surface area contributed by atoms with Crippen LogP contribution in [-0.4, -0.2) is 21.8 Å². The third kappa shape index (κ3) is 33.3. The molecule has 6 rings (SSSR count). The van der Waals surface area contributed by atoms with Gasteiger partial charge in [0, 0.05) is 12.4 Å². The molecule has 2 aromatic heterocycles. The quantitative estimate of drug-likeness (QED) is 0.114. The maximum Gasteiger partial charge on any atom is 0.233 e. The number of anilines is 2. The van der Waals surface area contributed by atoms with Gasteiger partial charge in [0.25, 0.3) is 0 Å². The number of aryl methyl sites for hydroxylation is 2. The number of pyridine rings is 2. The maximum atomic E-state index is 12.8. The predicted molar refractivity (Wildman–Crippen MR) is 300 cm³/mol. The molecule has 0 unspecified atom stereocenters. The molecule has 0 aliphatic rings. The van der Waals surface area contributed by atoms with Crippen LogP contribution in [0.3, 0.4) is 0 Å². The summed E-state index contributed by atoms with van der Waals surface area (Å²) in [5.41, 5.74) is 4.70. The number of rotatable bonds is 14. The molecule has 2 heterocycles. The summed E-state index contributed by atoms with van der Waals surface area (Å²) in [7, 11) is 0. The molecule has 0 saturated heterocycles. The van der Waals surface area contributed by atoms with Crippen molar-refractivity contribution in [1.82, 2.24) is 9.97 Å². The number of carbonyl (C=O) groups is 2. The van der Waals surface area contributed by atoms with Crippen molar-refractivity contribution in [2.24, 2.45) is 0 Å². The predicted octanol–water partition coefficient (Wildman–Crippen LogP) is 18.5. The second kappa shape index (κ2) is 54.5. The highest BCUT2D eigenvalue weighted by Crippen LogP contribution is 2.25. The van der Waals surface area contributed by atoms with Crippen molar-refractivity contribution < 1.29 is 9.59 Å². The summed E-state index contributed by atoms with van der Waals surface area (Å²) in [5.74, 6) is 0.836. The molecule has 4 aromatic carbocycles. The smallest absolute Gasteiger partial charge is 0.233 e. The van der Waals surface area contributed by atoms with Crippen molar-refractivity contribution in [3.63, 3.8) is 0 Å². The molecule has 0 spiro atoms. The van der Waals surface area contributed by atoms with Gasteiger partial charge in [-0.1, -0.05) is 252 Å². The zero-order valence-corrected chi connectivity index (χ0v) is 44.3. The van der Waals surface area contributed by atoms with Crippen LogP contribution in [0.1, 0.15) is 178 Å². The van der Waals surface area contributed by atoms with Crippen LogP contribution >= 0.6 is 0 Å². The molecule has 0 bridgehead atoms. The molecule has 0 aliphatic carbocycles. The Morgan fingerprint density at radius 3 is 0.881 bits per heavy atom. The highest BCUT2D eigenvalue weighted by Gasteiger charge is 2.22. The number of hydrogen-bond donors (Lipinski definition) is 2. The lowest BCUT2D eigenvalue weighted by Gasteiger charge is -2.17. The summed E-state index contributed by atoms with van der Waals surface area (Å²) < 4.78 is 0. The summed E-state index contributed by atoms with van der Waals surface area (Å²) in [6.07, 6.45) is 8.83. The summed E-state index contributed by atoms with van der Waals surface area (Å²) in [4.78, 5) is 34.0. The Morgan fingerprint density at radius 1 is 0.373 bits per heavy atom. The van der Waals surface area contributed by atoms with E-state index in [4.69, 9.17) is 0 Å². The molecule has 0 saturated carbocycles. The van der Waals surface area contributed by atoms with Crippen LogP contribution in [0, 0.1) is 0 Å². The minimum absolute atomic E-state index is 0. The SMILES string of the molecule is C.CC.CC.CC.CC.CC.CC.CC.CC.O=C(Nc1ccccn1)[C@@H](CCCc1ccccc1)c1ccccc1.O=C(Nc1ccccn1)[C@H](CCCc1ccccc1)c1ccccc1. The van der Waals surface area contributed by atoms with Gasteiger partial charge in [0.2, 0.25) is 11.8 Å². The normalized spacial score (nSPS) is 9.43. The molecule has 0 aliphatic heterocycles. The lowest BCUT2D eigenvalue weighted by atomic mass is 9.91. The second-order valence-electron chi connectivity index (χ2n) is 12.1. The van der Waals surface area contributed by atoms with Crippen molar-refractivity contribution >= 4 is 23.5 Å². The molecule has 6 heteroatoms. The van der Waals surface area contributed by atoms with Crippen LogP contribution in [0.5, 0.6) is 0 Å². The highest BCUT2D eigenvalue weighted by atomic mass is 16.2. The average Bonchev–Trinajstić information content (AvgIpc) is 3.43. The molecular formula is C61H96N4O2. The molecule has 372 valence electrons. The zero-order valence-electron chi connectivity index (χ0n) is 44.3. The van der Waals surface area contributed by atoms with Gasteiger partial charge in [-0.15, -0.1) is 0 Å². The van der Waals surface area contributed by atoms with E-state index in [1.807, 2.05) is 220 Å². The first-order valence-corrected chi connectivity index (χ1v) is 25.3. The fraction of sp³-hybridized carbons (Fsp3) is 0.410. The largest absolute Gasteiger partial charge is 0.310 e. The lowest BCUT2D eigenvalue weighted by Crippen LogP contribution is -2.22. The zero-order chi connectivity index (χ0) is 50.6. The summed E-state index contributed by atoms with van der Waals surface area (Å²) in [6.45, 7) is 32.0. The van der Waals surface area contributed by atoms with Crippen molar-refractivity contribution in [3.05, 3.63) is 192 Å². The van der Waals surface area contributed by atoms with Crippen molar-refractivity contribution in [1.29, 1.82) is 0 Å². The molecule has 6 aromatic rings. The number of carbonyl (C=O) groups excluding carboxylic acids is 2. The van der Waals surface area contributed by atoms with Crippen molar-refractivity contribution in [2.45, 2.75) is 169 Å². The van der Waals surface area contributed by atoms with E-state index >= 15 is 0 Å². The fourth-order valence-electron chi connectivity index (χ4n) is 5.88. The molecule has 67 heavy (non-hydrogen) atoms. The first kappa shape index (κ1) is 70.1. The second-order valence-corrected chi connectivity index (χ2v) is 12.1. The van der Waals surface area contributed by atoms with Gasteiger partial charge in [-0.2, -0.15) is 0 Å². The lowest BCUT2D eigenvalue weighted by molar-refractivity contribution is -0.118. The number of amides is 2. The van der Waals surface area contributed by atoms with Gasteiger partial charge < -0.3 is 10.6 Å². The molecule has 2 amide bonds. The third-order valence-electron chi connectivity index (χ3n) is 8.47. The molecular weight excluding hydrogens is 821 g/mol. The van der Waals surface area contributed by atoms with Crippen LogP contribution < -0.4 is 10.6 Å². The van der Waals surface area contributed by atoms with E-state index in [0.29, 0.717) is 11.6 Å². The molecule has 0 radical (unpaired) electrons. The van der Waals surface area contributed by atoms with E-state index in [1.54, 1.807) is 12.4 Å². The average molecular weight is 917 g/mol. The Morgan fingerprint density at radius 2 is 0.627 bits per heavy atom. The van der Waals surface area contributed by atoms with E-state index in [2.05, 4.69) is 69.1 Å². The van der Waals surface area contributed by atoms with E-state index in [9.17, 15) is 9.59 Å². The Bertz CT molecular complexity index is 1690. The van der Waals surface area contributed by atoms with Gasteiger partial charge in [0.05, 0.1) is 11.8 Å². The van der Waals surface area contributed by atoms with Crippen LogP contribution in [0.4, 0.5) is 11.6 Å². The number of nitrogens with one attached hydrogen (secondary N) is 2. The van der Waals surface area contributed by atoms with Gasteiger partial charge in [-0.3, -0.25) is 9.59 Å². The van der Waals surface area contributed by atoms with Gasteiger partial charge >= 0.3 is 0 Å². The molecule has 6 nitrogen and oxygen atoms in total. The highest BCUT2D eigenvalue weighted by molar-refractivity contribution is 5.95. The first-order chi connectivity index (χ1) is 32.7. The standard InChI is InChI=1S/2C22H22N2O.8C2H6.CH4/c2*25-22(24-21-16-7-8-17-23-21)20(19-13-5-2-6-14-19)15-9-12-18-10-3-1-4-11-18;8*1-2;/h2*1-8,10-11,13-14,16-17,20H,9,12,15H2,(H,23,24,25);8*1-2H3;1H4/t2*20-;;;;;;;;;/m10........./s1. The molecule has 0 fully saturated rings. The Labute approximate surface area is 412 Å². The maximum absolute atomic E-state index is 12.8. The van der Waals surface area contributed by atoms with Gasteiger partial charge in [-0.25, -0.2) is 9.97 Å². The van der Waals surface area contributed by atoms with E-state index < -0.39 is 0 Å².